The molecule has 0 saturated heterocycles. The Morgan fingerprint density at radius 1 is 1.50 bits per heavy atom. The van der Waals surface area contributed by atoms with Crippen molar-refractivity contribution in [3.8, 4) is 0 Å². The van der Waals surface area contributed by atoms with Crippen LogP contribution in [0.4, 0.5) is 5.69 Å². The number of nitrogen functional groups attached to an aromatic ring is 1. The molecule has 1 aromatic carbocycles. The second-order valence-corrected chi connectivity index (χ2v) is 5.73. The number of thiazole rings is 1. The van der Waals surface area contributed by atoms with Gasteiger partial charge in [0.05, 0.1) is 0 Å². The standard InChI is InChI=1S/C11H11BrN2S2/c1-6(11-14-10(12)5-16-11)7-2-3-8(13)9(15)4-7/h2-6,15H,13H2,1H3. The number of nitrogens with two attached hydrogens (primary N) is 1. The minimum Gasteiger partial charge on any atom is -0.398 e. The lowest BCUT2D eigenvalue weighted by Gasteiger charge is -2.10. The Labute approximate surface area is 112 Å². The van der Waals surface area contributed by atoms with Crippen molar-refractivity contribution < 1.29 is 0 Å². The first-order valence-corrected chi connectivity index (χ1v) is 6.89. The highest BCUT2D eigenvalue weighted by Crippen LogP contribution is 2.30. The van der Waals surface area contributed by atoms with E-state index in [9.17, 15) is 0 Å². The van der Waals surface area contributed by atoms with Gasteiger partial charge in [0, 0.05) is 21.9 Å². The van der Waals surface area contributed by atoms with Gasteiger partial charge >= 0.3 is 0 Å². The van der Waals surface area contributed by atoms with E-state index in [2.05, 4.69) is 40.5 Å². The second-order valence-electron chi connectivity index (χ2n) is 3.55. The fourth-order valence-corrected chi connectivity index (χ4v) is 3.01. The van der Waals surface area contributed by atoms with Crippen LogP contribution in [-0.4, -0.2) is 4.98 Å². The van der Waals surface area contributed by atoms with Gasteiger partial charge in [0.25, 0.3) is 0 Å². The summed E-state index contributed by atoms with van der Waals surface area (Å²) < 4.78 is 0.890. The van der Waals surface area contributed by atoms with Gasteiger partial charge in [-0.25, -0.2) is 4.98 Å². The summed E-state index contributed by atoms with van der Waals surface area (Å²) in [6.07, 6.45) is 0. The van der Waals surface area contributed by atoms with Crippen LogP contribution in [0.25, 0.3) is 0 Å². The van der Waals surface area contributed by atoms with Crippen LogP contribution in [0.15, 0.2) is 33.1 Å². The van der Waals surface area contributed by atoms with Crippen LogP contribution in [0.2, 0.25) is 0 Å². The minimum atomic E-state index is 0.266. The number of aromatic nitrogens is 1. The van der Waals surface area contributed by atoms with E-state index in [1.54, 1.807) is 11.3 Å². The molecule has 0 aliphatic heterocycles. The number of halogens is 1. The summed E-state index contributed by atoms with van der Waals surface area (Å²) in [6, 6.07) is 5.91. The average molecular weight is 315 g/mol. The molecule has 0 radical (unpaired) electrons. The van der Waals surface area contributed by atoms with E-state index in [-0.39, 0.29) is 5.92 Å². The maximum Gasteiger partial charge on any atom is 0.117 e. The molecule has 2 nitrogen and oxygen atoms in total. The lowest BCUT2D eigenvalue weighted by atomic mass is 10.0. The molecule has 1 aromatic heterocycles. The molecule has 0 amide bonds. The summed E-state index contributed by atoms with van der Waals surface area (Å²) in [4.78, 5) is 5.24. The Kier molecular flexibility index (Phi) is 3.56. The number of nitrogens with zero attached hydrogens (tertiary/aromatic N) is 1. The first-order chi connectivity index (χ1) is 7.58. The van der Waals surface area contributed by atoms with Gasteiger partial charge in [-0.05, 0) is 33.6 Å². The topological polar surface area (TPSA) is 38.9 Å². The molecule has 1 heterocycles. The number of benzene rings is 1. The third kappa shape index (κ3) is 2.42. The van der Waals surface area contributed by atoms with Crippen molar-refractivity contribution in [1.82, 2.24) is 4.98 Å². The summed E-state index contributed by atoms with van der Waals surface area (Å²) in [6.45, 7) is 2.13. The zero-order valence-electron chi connectivity index (χ0n) is 8.64. The van der Waals surface area contributed by atoms with Gasteiger partial charge in [-0.1, -0.05) is 13.0 Å². The van der Waals surface area contributed by atoms with Crippen molar-refractivity contribution in [3.63, 3.8) is 0 Å². The molecule has 2 rings (SSSR count). The molecule has 2 aromatic rings. The van der Waals surface area contributed by atoms with Gasteiger partial charge in [-0.2, -0.15) is 0 Å². The van der Waals surface area contributed by atoms with E-state index in [4.69, 9.17) is 5.73 Å². The monoisotopic (exact) mass is 314 g/mol. The molecule has 5 heteroatoms. The molecular weight excluding hydrogens is 304 g/mol. The fraction of sp³-hybridized carbons (Fsp3) is 0.182. The molecule has 0 spiro atoms. The molecular formula is C11H11BrN2S2. The van der Waals surface area contributed by atoms with Crippen LogP contribution in [0.1, 0.15) is 23.4 Å². The molecule has 0 bridgehead atoms. The van der Waals surface area contributed by atoms with Crippen LogP contribution in [0, 0.1) is 0 Å². The Balaban J connectivity index is 2.33. The van der Waals surface area contributed by atoms with Gasteiger partial charge in [0.2, 0.25) is 0 Å². The molecule has 1 atom stereocenters. The Bertz CT molecular complexity index is 510. The molecule has 16 heavy (non-hydrogen) atoms. The molecule has 1 unspecified atom stereocenters. The Morgan fingerprint density at radius 3 is 2.81 bits per heavy atom. The second kappa shape index (κ2) is 4.77. The number of anilines is 1. The summed E-state index contributed by atoms with van der Waals surface area (Å²) in [7, 11) is 0. The van der Waals surface area contributed by atoms with Crippen molar-refractivity contribution in [2.75, 3.05) is 5.73 Å². The minimum absolute atomic E-state index is 0.266. The van der Waals surface area contributed by atoms with Crippen molar-refractivity contribution >= 4 is 45.6 Å². The van der Waals surface area contributed by atoms with E-state index < -0.39 is 0 Å². The highest BCUT2D eigenvalue weighted by atomic mass is 79.9. The van der Waals surface area contributed by atoms with Crippen LogP contribution in [0.5, 0.6) is 0 Å². The summed E-state index contributed by atoms with van der Waals surface area (Å²) >= 11 is 9.34. The zero-order chi connectivity index (χ0) is 11.7. The number of hydrogen-bond donors (Lipinski definition) is 2. The van der Waals surface area contributed by atoms with Crippen LogP contribution < -0.4 is 5.73 Å². The summed E-state index contributed by atoms with van der Waals surface area (Å²) in [5, 5.41) is 3.08. The first-order valence-electron chi connectivity index (χ1n) is 4.77. The molecule has 84 valence electrons. The van der Waals surface area contributed by atoms with Crippen molar-refractivity contribution in [2.45, 2.75) is 17.7 Å². The average Bonchev–Trinajstić information content (AvgIpc) is 2.68. The lowest BCUT2D eigenvalue weighted by molar-refractivity contribution is 0.897. The molecule has 0 aliphatic carbocycles. The first kappa shape index (κ1) is 12.0. The quantitative estimate of drug-likeness (QED) is 0.651. The van der Waals surface area contributed by atoms with E-state index in [0.717, 1.165) is 14.5 Å². The summed E-state index contributed by atoms with van der Waals surface area (Å²) in [5.74, 6) is 0.266. The molecule has 0 saturated carbocycles. The predicted octanol–water partition coefficient (Wildman–Crippen LogP) is 3.93. The van der Waals surface area contributed by atoms with Crippen LogP contribution in [-0.2, 0) is 0 Å². The smallest absolute Gasteiger partial charge is 0.117 e. The third-order valence-corrected chi connectivity index (χ3v) is 4.54. The van der Waals surface area contributed by atoms with E-state index in [0.29, 0.717) is 5.69 Å². The van der Waals surface area contributed by atoms with Crippen molar-refractivity contribution in [2.24, 2.45) is 0 Å². The van der Waals surface area contributed by atoms with Gasteiger partial charge < -0.3 is 5.73 Å². The normalized spacial score (nSPS) is 12.7. The van der Waals surface area contributed by atoms with Crippen molar-refractivity contribution in [1.29, 1.82) is 0 Å². The van der Waals surface area contributed by atoms with Crippen molar-refractivity contribution in [3.05, 3.63) is 38.8 Å². The van der Waals surface area contributed by atoms with Gasteiger partial charge in [-0.15, -0.1) is 24.0 Å². The Morgan fingerprint density at radius 2 is 2.25 bits per heavy atom. The lowest BCUT2D eigenvalue weighted by Crippen LogP contribution is -1.97. The van der Waals surface area contributed by atoms with Gasteiger partial charge in [-0.3, -0.25) is 0 Å². The fourth-order valence-electron chi connectivity index (χ4n) is 1.44. The number of rotatable bonds is 2. The van der Waals surface area contributed by atoms with Gasteiger partial charge in [0.15, 0.2) is 0 Å². The largest absolute Gasteiger partial charge is 0.398 e. The maximum absolute atomic E-state index is 5.73. The Hall–Kier alpha value is -0.520. The highest BCUT2D eigenvalue weighted by Gasteiger charge is 2.13. The maximum atomic E-state index is 5.73. The van der Waals surface area contributed by atoms with E-state index in [1.807, 2.05) is 23.6 Å². The molecule has 0 aliphatic rings. The number of thiol groups is 1. The number of hydrogen-bond acceptors (Lipinski definition) is 4. The third-order valence-electron chi connectivity index (χ3n) is 2.42. The van der Waals surface area contributed by atoms with Crippen LogP contribution in [0.3, 0.4) is 0 Å². The zero-order valence-corrected chi connectivity index (χ0v) is 11.9. The SMILES string of the molecule is CC(c1ccc(N)c(S)c1)c1nc(Br)cs1. The van der Waals surface area contributed by atoms with Crippen LogP contribution >= 0.6 is 39.9 Å². The predicted molar refractivity (Wildman–Crippen MR) is 75.4 cm³/mol. The van der Waals surface area contributed by atoms with E-state index >= 15 is 0 Å². The molecule has 0 fully saturated rings. The van der Waals surface area contributed by atoms with E-state index in [1.165, 1.54) is 5.56 Å². The molecule has 2 N–H and O–H groups in total. The van der Waals surface area contributed by atoms with Gasteiger partial charge in [0.1, 0.15) is 9.61 Å². The summed E-state index contributed by atoms with van der Waals surface area (Å²) in [5.41, 5.74) is 7.62. The highest BCUT2D eigenvalue weighted by molar-refractivity contribution is 9.10.